The van der Waals surface area contributed by atoms with Crippen LogP contribution in [0.5, 0.6) is 0 Å². The summed E-state index contributed by atoms with van der Waals surface area (Å²) in [6, 6.07) is 3.08. The third-order valence-corrected chi connectivity index (χ3v) is 1.42. The van der Waals surface area contributed by atoms with Crippen LogP contribution in [0, 0.1) is 23.0 Å². The van der Waals surface area contributed by atoms with Gasteiger partial charge in [0.1, 0.15) is 17.7 Å². The first-order valence-electron chi connectivity index (χ1n) is 3.18. The predicted molar refractivity (Wildman–Crippen MR) is 37.0 cm³/mol. The first-order chi connectivity index (χ1) is 5.69. The molecule has 0 fully saturated rings. The van der Waals surface area contributed by atoms with Gasteiger partial charge in [-0.1, -0.05) is 0 Å². The van der Waals surface area contributed by atoms with E-state index in [2.05, 4.69) is 0 Å². The molecule has 2 nitrogen and oxygen atoms in total. The van der Waals surface area contributed by atoms with E-state index in [1.54, 1.807) is 6.07 Å². The van der Waals surface area contributed by atoms with Crippen LogP contribution in [-0.4, -0.2) is 5.11 Å². The average Bonchev–Trinajstić information content (AvgIpc) is 2.03. The van der Waals surface area contributed by atoms with Crippen molar-refractivity contribution in [2.75, 3.05) is 0 Å². The van der Waals surface area contributed by atoms with Crippen LogP contribution in [0.4, 0.5) is 8.78 Å². The molecule has 1 N–H and O–H groups in total. The molecular formula is C8H5F2NO. The topological polar surface area (TPSA) is 44.0 Å². The summed E-state index contributed by atoms with van der Waals surface area (Å²) < 4.78 is 25.2. The van der Waals surface area contributed by atoms with Crippen molar-refractivity contribution < 1.29 is 13.9 Å². The standard InChI is InChI=1S/C8H5F2NO/c9-6-1-5(4-12)7(3-11)8(10)2-6/h1-2,12H,4H2. The van der Waals surface area contributed by atoms with Gasteiger partial charge in [-0.25, -0.2) is 8.78 Å². The van der Waals surface area contributed by atoms with Crippen LogP contribution >= 0.6 is 0 Å². The van der Waals surface area contributed by atoms with Crippen molar-refractivity contribution in [1.29, 1.82) is 5.26 Å². The van der Waals surface area contributed by atoms with Gasteiger partial charge in [0.2, 0.25) is 0 Å². The van der Waals surface area contributed by atoms with Crippen LogP contribution in [0.2, 0.25) is 0 Å². The van der Waals surface area contributed by atoms with Gasteiger partial charge in [0, 0.05) is 11.6 Å². The van der Waals surface area contributed by atoms with Gasteiger partial charge in [0.05, 0.1) is 12.2 Å². The second-order valence-electron chi connectivity index (χ2n) is 2.19. The molecule has 1 aromatic rings. The van der Waals surface area contributed by atoms with E-state index in [9.17, 15) is 8.78 Å². The molecule has 0 bridgehead atoms. The number of hydrogen-bond donors (Lipinski definition) is 1. The summed E-state index contributed by atoms with van der Waals surface area (Å²) in [6.45, 7) is -0.544. The molecule has 0 saturated carbocycles. The van der Waals surface area contributed by atoms with Crippen LogP contribution in [0.1, 0.15) is 11.1 Å². The molecule has 0 unspecified atom stereocenters. The van der Waals surface area contributed by atoms with E-state index < -0.39 is 18.2 Å². The Morgan fingerprint density at radius 3 is 2.58 bits per heavy atom. The Morgan fingerprint density at radius 2 is 2.08 bits per heavy atom. The number of rotatable bonds is 1. The number of nitrogens with zero attached hydrogens (tertiary/aromatic N) is 1. The minimum Gasteiger partial charge on any atom is -0.392 e. The minimum atomic E-state index is -0.943. The molecule has 0 radical (unpaired) electrons. The predicted octanol–water partition coefficient (Wildman–Crippen LogP) is 1.33. The largest absolute Gasteiger partial charge is 0.392 e. The lowest BCUT2D eigenvalue weighted by atomic mass is 10.1. The monoisotopic (exact) mass is 169 g/mol. The summed E-state index contributed by atoms with van der Waals surface area (Å²) in [5, 5.41) is 17.0. The van der Waals surface area contributed by atoms with Crippen molar-refractivity contribution >= 4 is 0 Å². The molecule has 4 heteroatoms. The van der Waals surface area contributed by atoms with E-state index in [0.717, 1.165) is 6.07 Å². The maximum atomic E-state index is 12.7. The van der Waals surface area contributed by atoms with E-state index >= 15 is 0 Å². The Kier molecular flexibility index (Phi) is 2.36. The Hall–Kier alpha value is -1.47. The molecule has 0 amide bonds. The molecule has 1 rings (SSSR count). The van der Waals surface area contributed by atoms with E-state index in [1.165, 1.54) is 0 Å². The van der Waals surface area contributed by atoms with Crippen molar-refractivity contribution in [2.45, 2.75) is 6.61 Å². The molecule has 0 aliphatic heterocycles. The third-order valence-electron chi connectivity index (χ3n) is 1.42. The van der Waals surface area contributed by atoms with Crippen molar-refractivity contribution in [2.24, 2.45) is 0 Å². The molecule has 62 valence electrons. The first-order valence-corrected chi connectivity index (χ1v) is 3.18. The van der Waals surface area contributed by atoms with Crippen molar-refractivity contribution in [3.63, 3.8) is 0 Å². The van der Waals surface area contributed by atoms with Crippen molar-refractivity contribution in [3.05, 3.63) is 34.9 Å². The zero-order chi connectivity index (χ0) is 9.14. The summed E-state index contributed by atoms with van der Waals surface area (Å²) in [4.78, 5) is 0. The maximum absolute atomic E-state index is 12.7. The number of aliphatic hydroxyl groups excluding tert-OH is 1. The second kappa shape index (κ2) is 3.28. The van der Waals surface area contributed by atoms with Crippen molar-refractivity contribution in [1.82, 2.24) is 0 Å². The number of aliphatic hydroxyl groups is 1. The molecule has 1 aromatic carbocycles. The molecule has 0 aliphatic carbocycles. The molecule has 0 spiro atoms. The van der Waals surface area contributed by atoms with Crippen LogP contribution in [-0.2, 0) is 6.61 Å². The highest BCUT2D eigenvalue weighted by atomic mass is 19.1. The summed E-state index contributed by atoms with van der Waals surface area (Å²) in [5.74, 6) is -1.74. The third kappa shape index (κ3) is 1.41. The van der Waals surface area contributed by atoms with Crippen LogP contribution in [0.25, 0.3) is 0 Å². The lowest BCUT2D eigenvalue weighted by Gasteiger charge is -2.00. The van der Waals surface area contributed by atoms with E-state index in [1.807, 2.05) is 0 Å². The molecule has 12 heavy (non-hydrogen) atoms. The van der Waals surface area contributed by atoms with Gasteiger partial charge in [-0.2, -0.15) is 5.26 Å². The number of benzene rings is 1. The Balaban J connectivity index is 3.36. The first kappa shape index (κ1) is 8.62. The van der Waals surface area contributed by atoms with E-state index in [4.69, 9.17) is 10.4 Å². The van der Waals surface area contributed by atoms with Gasteiger partial charge in [-0.3, -0.25) is 0 Å². The Bertz CT molecular complexity index is 344. The molecule has 0 aliphatic rings. The van der Waals surface area contributed by atoms with E-state index in [0.29, 0.717) is 6.07 Å². The Labute approximate surface area is 67.7 Å². The van der Waals surface area contributed by atoms with Gasteiger partial charge in [-0.05, 0) is 6.07 Å². The van der Waals surface area contributed by atoms with Crippen LogP contribution in [0.15, 0.2) is 12.1 Å². The minimum absolute atomic E-state index is 0.0324. The Morgan fingerprint density at radius 1 is 1.42 bits per heavy atom. The highest BCUT2D eigenvalue weighted by Gasteiger charge is 2.09. The summed E-state index contributed by atoms with van der Waals surface area (Å²) in [7, 11) is 0. The molecule has 0 saturated heterocycles. The lowest BCUT2D eigenvalue weighted by Crippen LogP contribution is -1.95. The SMILES string of the molecule is N#Cc1c(F)cc(F)cc1CO. The maximum Gasteiger partial charge on any atom is 0.144 e. The fourth-order valence-corrected chi connectivity index (χ4v) is 0.877. The highest BCUT2D eigenvalue weighted by Crippen LogP contribution is 2.14. The number of halogens is 2. The normalized spacial score (nSPS) is 9.50. The highest BCUT2D eigenvalue weighted by molar-refractivity contribution is 5.38. The fourth-order valence-electron chi connectivity index (χ4n) is 0.877. The van der Waals surface area contributed by atoms with Crippen molar-refractivity contribution in [3.8, 4) is 6.07 Å². The fraction of sp³-hybridized carbons (Fsp3) is 0.125. The average molecular weight is 169 g/mol. The summed E-state index contributed by atoms with van der Waals surface area (Å²) in [5.41, 5.74) is -0.339. The molecular weight excluding hydrogens is 164 g/mol. The molecule has 0 aromatic heterocycles. The van der Waals surface area contributed by atoms with Gasteiger partial charge in [-0.15, -0.1) is 0 Å². The lowest BCUT2D eigenvalue weighted by molar-refractivity contribution is 0.280. The van der Waals surface area contributed by atoms with Gasteiger partial charge in [0.25, 0.3) is 0 Å². The summed E-state index contributed by atoms with van der Waals surface area (Å²) in [6.07, 6.45) is 0. The quantitative estimate of drug-likeness (QED) is 0.689. The number of hydrogen-bond acceptors (Lipinski definition) is 2. The van der Waals surface area contributed by atoms with E-state index in [-0.39, 0.29) is 11.1 Å². The summed E-state index contributed by atoms with van der Waals surface area (Å²) >= 11 is 0. The number of nitriles is 1. The smallest absolute Gasteiger partial charge is 0.144 e. The van der Waals surface area contributed by atoms with Gasteiger partial charge in [0.15, 0.2) is 0 Å². The zero-order valence-corrected chi connectivity index (χ0v) is 6.01. The molecule has 0 atom stereocenters. The zero-order valence-electron chi connectivity index (χ0n) is 6.01. The van der Waals surface area contributed by atoms with Gasteiger partial charge >= 0.3 is 0 Å². The molecule has 0 heterocycles. The second-order valence-corrected chi connectivity index (χ2v) is 2.19. The van der Waals surface area contributed by atoms with Gasteiger partial charge < -0.3 is 5.11 Å². The van der Waals surface area contributed by atoms with Crippen LogP contribution < -0.4 is 0 Å². The van der Waals surface area contributed by atoms with Crippen LogP contribution in [0.3, 0.4) is 0 Å².